The van der Waals surface area contributed by atoms with Crippen molar-refractivity contribution < 1.29 is 0 Å². The summed E-state index contributed by atoms with van der Waals surface area (Å²) < 4.78 is 0. The third kappa shape index (κ3) is 2.24. The zero-order chi connectivity index (χ0) is 10.8. The van der Waals surface area contributed by atoms with Gasteiger partial charge in [0.1, 0.15) is 0 Å². The molecule has 2 rings (SSSR count). The molecule has 2 heterocycles. The summed E-state index contributed by atoms with van der Waals surface area (Å²) in [6, 6.07) is 2.23. The normalized spacial score (nSPS) is 21.8. The van der Waals surface area contributed by atoms with Crippen LogP contribution in [-0.4, -0.2) is 24.1 Å². The lowest BCUT2D eigenvalue weighted by molar-refractivity contribution is 0.506. The fourth-order valence-electron chi connectivity index (χ4n) is 2.01. The average Bonchev–Trinajstić information content (AvgIpc) is 2.22. The first-order valence-electron chi connectivity index (χ1n) is 5.30. The Kier molecular flexibility index (Phi) is 3.12. The first-order chi connectivity index (χ1) is 7.18. The second-order valence-electron chi connectivity index (χ2n) is 4.08. The topological polar surface area (TPSA) is 42.2 Å². The van der Waals surface area contributed by atoms with Gasteiger partial charge in [-0.2, -0.15) is 0 Å². The van der Waals surface area contributed by atoms with Crippen LogP contribution in [0.2, 0.25) is 5.02 Å². The van der Waals surface area contributed by atoms with Crippen molar-refractivity contribution in [3.63, 3.8) is 0 Å². The minimum absolute atomic E-state index is 0.267. The number of aryl methyl sites for hydroxylation is 1. The smallest absolute Gasteiger partial charge is 0.0851 e. The minimum Gasteiger partial charge on any atom is -0.369 e. The molecule has 1 fully saturated rings. The second kappa shape index (κ2) is 4.37. The summed E-state index contributed by atoms with van der Waals surface area (Å²) in [6.07, 6.45) is 4.05. The highest BCUT2D eigenvalue weighted by Gasteiger charge is 2.19. The molecule has 15 heavy (non-hydrogen) atoms. The number of halogens is 1. The van der Waals surface area contributed by atoms with Crippen molar-refractivity contribution in [2.75, 3.05) is 18.0 Å². The Morgan fingerprint density at radius 2 is 2.40 bits per heavy atom. The summed E-state index contributed by atoms with van der Waals surface area (Å²) in [4.78, 5) is 6.42. The first-order valence-corrected chi connectivity index (χ1v) is 5.68. The molecule has 1 aliphatic rings. The lowest BCUT2D eigenvalue weighted by Gasteiger charge is -2.33. The molecule has 3 nitrogen and oxygen atoms in total. The van der Waals surface area contributed by atoms with Gasteiger partial charge in [-0.15, -0.1) is 0 Å². The van der Waals surface area contributed by atoms with Gasteiger partial charge in [-0.05, 0) is 25.8 Å². The van der Waals surface area contributed by atoms with Crippen molar-refractivity contribution >= 4 is 17.3 Å². The second-order valence-corrected chi connectivity index (χ2v) is 4.46. The number of hydrogen-bond acceptors (Lipinski definition) is 3. The van der Waals surface area contributed by atoms with Gasteiger partial charge >= 0.3 is 0 Å². The number of aromatic nitrogens is 1. The van der Waals surface area contributed by atoms with Gasteiger partial charge in [-0.25, -0.2) is 0 Å². The monoisotopic (exact) mass is 225 g/mol. The Bertz CT molecular complexity index is 354. The number of nitrogens with zero attached hydrogens (tertiary/aromatic N) is 2. The van der Waals surface area contributed by atoms with E-state index in [-0.39, 0.29) is 6.04 Å². The van der Waals surface area contributed by atoms with Gasteiger partial charge in [0, 0.05) is 25.3 Å². The number of pyridine rings is 1. The molecule has 0 aliphatic carbocycles. The molecular weight excluding hydrogens is 210 g/mol. The van der Waals surface area contributed by atoms with E-state index in [4.69, 9.17) is 17.3 Å². The van der Waals surface area contributed by atoms with Crippen LogP contribution < -0.4 is 10.6 Å². The van der Waals surface area contributed by atoms with E-state index < -0.39 is 0 Å². The largest absolute Gasteiger partial charge is 0.369 e. The number of nitrogens with two attached hydrogens (primary N) is 1. The van der Waals surface area contributed by atoms with Crippen LogP contribution in [0.15, 0.2) is 12.3 Å². The first kappa shape index (κ1) is 10.7. The molecule has 1 aliphatic heterocycles. The Hall–Kier alpha value is -0.800. The van der Waals surface area contributed by atoms with Gasteiger partial charge in [0.25, 0.3) is 0 Å². The number of hydrogen-bond donors (Lipinski definition) is 1. The van der Waals surface area contributed by atoms with Crippen LogP contribution in [0.4, 0.5) is 5.69 Å². The summed E-state index contributed by atoms with van der Waals surface area (Å²) in [7, 11) is 0. The SMILES string of the molecule is Cc1nccc(N2CCCC(N)C2)c1Cl. The zero-order valence-corrected chi connectivity index (χ0v) is 9.67. The van der Waals surface area contributed by atoms with E-state index in [9.17, 15) is 0 Å². The molecule has 82 valence electrons. The van der Waals surface area contributed by atoms with Crippen LogP contribution in [0.25, 0.3) is 0 Å². The highest BCUT2D eigenvalue weighted by Crippen LogP contribution is 2.29. The molecule has 0 aromatic carbocycles. The predicted molar refractivity (Wildman–Crippen MR) is 63.4 cm³/mol. The average molecular weight is 226 g/mol. The molecular formula is C11H16ClN3. The Balaban J connectivity index is 2.24. The molecule has 1 atom stereocenters. The van der Waals surface area contributed by atoms with E-state index in [2.05, 4.69) is 9.88 Å². The molecule has 0 amide bonds. The van der Waals surface area contributed by atoms with Crippen LogP contribution in [0.3, 0.4) is 0 Å². The van der Waals surface area contributed by atoms with Crippen LogP contribution in [0.5, 0.6) is 0 Å². The molecule has 1 saturated heterocycles. The molecule has 0 spiro atoms. The van der Waals surface area contributed by atoms with E-state index in [0.717, 1.165) is 42.3 Å². The summed E-state index contributed by atoms with van der Waals surface area (Å²) in [5.74, 6) is 0. The maximum absolute atomic E-state index is 6.23. The summed E-state index contributed by atoms with van der Waals surface area (Å²) in [5.41, 5.74) is 7.90. The lowest BCUT2D eigenvalue weighted by Crippen LogP contribution is -2.43. The van der Waals surface area contributed by atoms with Crippen molar-refractivity contribution in [2.24, 2.45) is 5.73 Å². The van der Waals surface area contributed by atoms with Crippen molar-refractivity contribution in [1.82, 2.24) is 4.98 Å². The summed E-state index contributed by atoms with van der Waals surface area (Å²) >= 11 is 6.23. The fourth-order valence-corrected chi connectivity index (χ4v) is 2.24. The summed E-state index contributed by atoms with van der Waals surface area (Å²) in [5, 5.41) is 0.756. The number of anilines is 1. The highest BCUT2D eigenvalue weighted by atomic mass is 35.5. The van der Waals surface area contributed by atoms with Crippen LogP contribution >= 0.6 is 11.6 Å². The molecule has 0 bridgehead atoms. The summed E-state index contributed by atoms with van der Waals surface area (Å²) in [6.45, 7) is 3.86. The van der Waals surface area contributed by atoms with E-state index in [1.54, 1.807) is 6.20 Å². The highest BCUT2D eigenvalue weighted by molar-refractivity contribution is 6.33. The molecule has 1 aromatic heterocycles. The third-order valence-corrected chi connectivity index (χ3v) is 3.31. The van der Waals surface area contributed by atoms with E-state index in [0.29, 0.717) is 0 Å². The van der Waals surface area contributed by atoms with Crippen molar-refractivity contribution in [2.45, 2.75) is 25.8 Å². The van der Waals surface area contributed by atoms with Gasteiger partial charge < -0.3 is 10.6 Å². The molecule has 2 N–H and O–H groups in total. The molecule has 1 unspecified atom stereocenters. The lowest BCUT2D eigenvalue weighted by atomic mass is 10.1. The third-order valence-electron chi connectivity index (χ3n) is 2.84. The Morgan fingerprint density at radius 1 is 1.60 bits per heavy atom. The molecule has 0 radical (unpaired) electrons. The molecule has 4 heteroatoms. The van der Waals surface area contributed by atoms with Crippen molar-refractivity contribution in [3.8, 4) is 0 Å². The van der Waals surface area contributed by atoms with Gasteiger partial charge in [0.2, 0.25) is 0 Å². The Labute approximate surface area is 95.2 Å². The van der Waals surface area contributed by atoms with Crippen LogP contribution in [-0.2, 0) is 0 Å². The quantitative estimate of drug-likeness (QED) is 0.795. The maximum Gasteiger partial charge on any atom is 0.0851 e. The Morgan fingerprint density at radius 3 is 3.13 bits per heavy atom. The van der Waals surface area contributed by atoms with E-state index in [1.165, 1.54) is 0 Å². The standard InChI is InChI=1S/C11H16ClN3/c1-8-11(12)10(4-5-14-8)15-6-2-3-9(13)7-15/h4-5,9H,2-3,6-7,13H2,1H3. The zero-order valence-electron chi connectivity index (χ0n) is 8.91. The predicted octanol–water partition coefficient (Wildman–Crippen LogP) is 1.97. The van der Waals surface area contributed by atoms with Crippen molar-refractivity contribution in [1.29, 1.82) is 0 Å². The van der Waals surface area contributed by atoms with Crippen LogP contribution in [0, 0.1) is 6.92 Å². The van der Waals surface area contributed by atoms with Gasteiger partial charge in [-0.3, -0.25) is 4.98 Å². The number of piperidine rings is 1. The van der Waals surface area contributed by atoms with Gasteiger partial charge in [0.15, 0.2) is 0 Å². The van der Waals surface area contributed by atoms with Gasteiger partial charge in [-0.1, -0.05) is 11.6 Å². The minimum atomic E-state index is 0.267. The van der Waals surface area contributed by atoms with Crippen LogP contribution in [0.1, 0.15) is 18.5 Å². The molecule has 0 saturated carbocycles. The van der Waals surface area contributed by atoms with E-state index >= 15 is 0 Å². The van der Waals surface area contributed by atoms with E-state index in [1.807, 2.05) is 13.0 Å². The maximum atomic E-state index is 6.23. The fraction of sp³-hybridized carbons (Fsp3) is 0.545. The molecule has 1 aromatic rings. The van der Waals surface area contributed by atoms with Crippen molar-refractivity contribution in [3.05, 3.63) is 23.0 Å². The number of rotatable bonds is 1. The van der Waals surface area contributed by atoms with Gasteiger partial charge in [0.05, 0.1) is 16.4 Å².